The fraction of sp³-hybridized carbons (Fsp3) is 0.286. The van der Waals surface area contributed by atoms with E-state index in [1.165, 1.54) is 23.1 Å². The summed E-state index contributed by atoms with van der Waals surface area (Å²) < 4.78 is 42.3. The van der Waals surface area contributed by atoms with Gasteiger partial charge >= 0.3 is 0 Å². The molecule has 0 spiro atoms. The van der Waals surface area contributed by atoms with Gasteiger partial charge in [-0.1, -0.05) is 59.1 Å². The Balaban J connectivity index is 2.06. The van der Waals surface area contributed by atoms with Gasteiger partial charge in [0.05, 0.1) is 25.7 Å². The number of carbonyl (C=O) groups is 2. The van der Waals surface area contributed by atoms with Crippen LogP contribution in [0.5, 0.6) is 0 Å². The fourth-order valence-corrected chi connectivity index (χ4v) is 5.70. The summed E-state index contributed by atoms with van der Waals surface area (Å²) in [5.41, 5.74) is -0.0395. The minimum absolute atomic E-state index is 0.0233. The van der Waals surface area contributed by atoms with E-state index in [9.17, 15) is 22.4 Å². The van der Waals surface area contributed by atoms with Gasteiger partial charge in [0.25, 0.3) is 10.0 Å². The van der Waals surface area contributed by atoms with E-state index in [2.05, 4.69) is 5.32 Å². The highest BCUT2D eigenvalue weighted by atomic mass is 35.5. The SMILES string of the molecule is C[C@@H](C(=O)NC(C)(C)C)N(Cc1ccc(Cl)c(Cl)c1)C(=O)CN(c1ccc(F)c(Cl)c1)S(=O)(=O)c1ccccc1. The van der Waals surface area contributed by atoms with E-state index in [0.717, 1.165) is 16.4 Å². The largest absolute Gasteiger partial charge is 0.350 e. The van der Waals surface area contributed by atoms with Crippen molar-refractivity contribution in [3.05, 3.63) is 93.2 Å². The van der Waals surface area contributed by atoms with Gasteiger partial charge in [-0.15, -0.1) is 0 Å². The first kappa shape index (κ1) is 31.7. The molecule has 214 valence electrons. The number of anilines is 1. The summed E-state index contributed by atoms with van der Waals surface area (Å²) in [6.07, 6.45) is 0. The van der Waals surface area contributed by atoms with Gasteiger partial charge < -0.3 is 10.2 Å². The Bertz CT molecular complexity index is 1500. The summed E-state index contributed by atoms with van der Waals surface area (Å²) in [6, 6.07) is 14.6. The van der Waals surface area contributed by atoms with Crippen LogP contribution in [0, 0.1) is 5.82 Å². The molecule has 3 aromatic carbocycles. The van der Waals surface area contributed by atoms with Crippen LogP contribution in [-0.2, 0) is 26.2 Å². The number of carbonyl (C=O) groups excluding carboxylic acids is 2. The number of rotatable bonds is 9. The third kappa shape index (κ3) is 7.87. The number of benzene rings is 3. The van der Waals surface area contributed by atoms with Crippen LogP contribution in [0.3, 0.4) is 0 Å². The quantitative estimate of drug-likeness (QED) is 0.301. The van der Waals surface area contributed by atoms with E-state index in [0.29, 0.717) is 10.6 Å². The highest BCUT2D eigenvalue weighted by Crippen LogP contribution is 2.29. The molecule has 3 rings (SSSR count). The molecule has 0 saturated heterocycles. The van der Waals surface area contributed by atoms with Crippen LogP contribution in [0.4, 0.5) is 10.1 Å². The number of nitrogens with zero attached hydrogens (tertiary/aromatic N) is 2. The van der Waals surface area contributed by atoms with Crippen molar-refractivity contribution in [1.82, 2.24) is 10.2 Å². The molecule has 0 fully saturated rings. The molecule has 0 aliphatic heterocycles. The van der Waals surface area contributed by atoms with E-state index < -0.39 is 45.8 Å². The molecule has 0 aliphatic carbocycles. The average Bonchev–Trinajstić information content (AvgIpc) is 2.88. The lowest BCUT2D eigenvalue weighted by Gasteiger charge is -2.33. The summed E-state index contributed by atoms with van der Waals surface area (Å²) in [5, 5.41) is 3.10. The van der Waals surface area contributed by atoms with Gasteiger partial charge in [-0.2, -0.15) is 0 Å². The first-order chi connectivity index (χ1) is 18.6. The van der Waals surface area contributed by atoms with Crippen molar-refractivity contribution in [2.75, 3.05) is 10.8 Å². The average molecular weight is 629 g/mol. The predicted octanol–water partition coefficient (Wildman–Crippen LogP) is 6.31. The summed E-state index contributed by atoms with van der Waals surface area (Å²) in [7, 11) is -4.31. The maximum absolute atomic E-state index is 14.0. The summed E-state index contributed by atoms with van der Waals surface area (Å²) in [5.74, 6) is -1.88. The second kappa shape index (κ2) is 12.8. The Morgan fingerprint density at radius 1 is 0.925 bits per heavy atom. The molecule has 0 heterocycles. The standard InChI is InChI=1S/C28H29Cl3FN3O4S/c1-18(27(37)33-28(2,3)4)34(16-19-10-12-22(29)23(30)14-19)26(36)17-35(20-11-13-25(32)24(31)15-20)40(38,39)21-8-6-5-7-9-21/h5-15,18H,16-17H2,1-4H3,(H,33,37)/t18-/m0/s1. The van der Waals surface area contributed by atoms with Gasteiger partial charge in [0.1, 0.15) is 18.4 Å². The Morgan fingerprint density at radius 2 is 1.57 bits per heavy atom. The Labute approximate surface area is 248 Å². The smallest absolute Gasteiger partial charge is 0.264 e. The lowest BCUT2D eigenvalue weighted by molar-refractivity contribution is -0.140. The van der Waals surface area contributed by atoms with E-state index in [1.807, 2.05) is 0 Å². The number of halogens is 4. The Morgan fingerprint density at radius 3 is 2.15 bits per heavy atom. The molecule has 40 heavy (non-hydrogen) atoms. The van der Waals surface area contributed by atoms with E-state index >= 15 is 0 Å². The maximum atomic E-state index is 14.0. The van der Waals surface area contributed by atoms with Crippen LogP contribution in [-0.4, -0.2) is 43.3 Å². The Hall–Kier alpha value is -2.85. The first-order valence-electron chi connectivity index (χ1n) is 12.2. The lowest BCUT2D eigenvalue weighted by Crippen LogP contribution is -2.54. The number of amides is 2. The molecule has 7 nitrogen and oxygen atoms in total. The van der Waals surface area contributed by atoms with Gasteiger partial charge in [0.15, 0.2) is 0 Å². The van der Waals surface area contributed by atoms with Crippen LogP contribution >= 0.6 is 34.8 Å². The molecule has 12 heteroatoms. The number of hydrogen-bond acceptors (Lipinski definition) is 4. The topological polar surface area (TPSA) is 86.8 Å². The summed E-state index contributed by atoms with van der Waals surface area (Å²) in [6.45, 7) is 6.17. The molecule has 1 N–H and O–H groups in total. The normalized spacial score (nSPS) is 12.5. The zero-order valence-electron chi connectivity index (χ0n) is 22.3. The molecular formula is C28H29Cl3FN3O4S. The van der Waals surface area contributed by atoms with Crippen molar-refractivity contribution in [2.24, 2.45) is 0 Å². The molecule has 0 aromatic heterocycles. The van der Waals surface area contributed by atoms with E-state index in [-0.39, 0.29) is 27.2 Å². The molecule has 3 aromatic rings. The van der Waals surface area contributed by atoms with E-state index in [1.54, 1.807) is 64.1 Å². The van der Waals surface area contributed by atoms with Crippen LogP contribution in [0.2, 0.25) is 15.1 Å². The molecule has 1 atom stereocenters. The van der Waals surface area contributed by atoms with Gasteiger partial charge in [-0.05, 0) is 75.7 Å². The second-order valence-corrected chi connectivity index (χ2v) is 13.2. The first-order valence-corrected chi connectivity index (χ1v) is 14.8. The monoisotopic (exact) mass is 627 g/mol. The molecule has 0 unspecified atom stereocenters. The predicted molar refractivity (Wildman–Crippen MR) is 157 cm³/mol. The van der Waals surface area contributed by atoms with Crippen molar-refractivity contribution in [2.45, 2.75) is 50.7 Å². The minimum atomic E-state index is -4.31. The maximum Gasteiger partial charge on any atom is 0.264 e. The number of hydrogen-bond donors (Lipinski definition) is 1. The van der Waals surface area contributed by atoms with Gasteiger partial charge in [0, 0.05) is 12.1 Å². The van der Waals surface area contributed by atoms with Gasteiger partial charge in [-0.3, -0.25) is 13.9 Å². The van der Waals surface area contributed by atoms with Crippen molar-refractivity contribution in [1.29, 1.82) is 0 Å². The van der Waals surface area contributed by atoms with Crippen molar-refractivity contribution in [3.63, 3.8) is 0 Å². The summed E-state index contributed by atoms with van der Waals surface area (Å²) in [4.78, 5) is 28.2. The fourth-order valence-electron chi connectivity index (χ4n) is 3.78. The van der Waals surface area contributed by atoms with Crippen molar-refractivity contribution in [3.8, 4) is 0 Å². The van der Waals surface area contributed by atoms with Crippen LogP contribution in [0.1, 0.15) is 33.3 Å². The Kier molecular flexibility index (Phi) is 10.1. The highest BCUT2D eigenvalue weighted by Gasteiger charge is 2.33. The van der Waals surface area contributed by atoms with Crippen LogP contribution in [0.15, 0.2) is 71.6 Å². The van der Waals surface area contributed by atoms with E-state index in [4.69, 9.17) is 34.8 Å². The third-order valence-electron chi connectivity index (χ3n) is 5.80. The number of sulfonamides is 1. The van der Waals surface area contributed by atoms with Crippen LogP contribution < -0.4 is 9.62 Å². The molecule has 2 amide bonds. The highest BCUT2D eigenvalue weighted by molar-refractivity contribution is 7.92. The van der Waals surface area contributed by atoms with Crippen molar-refractivity contribution < 1.29 is 22.4 Å². The number of nitrogens with one attached hydrogen (secondary N) is 1. The second-order valence-electron chi connectivity index (χ2n) is 10.1. The molecule has 0 radical (unpaired) electrons. The van der Waals surface area contributed by atoms with Gasteiger partial charge in [-0.25, -0.2) is 12.8 Å². The molecule has 0 saturated carbocycles. The molecule has 0 aliphatic rings. The molecule has 0 bridgehead atoms. The lowest BCUT2D eigenvalue weighted by atomic mass is 10.1. The summed E-state index contributed by atoms with van der Waals surface area (Å²) >= 11 is 18.2. The zero-order valence-corrected chi connectivity index (χ0v) is 25.4. The van der Waals surface area contributed by atoms with Gasteiger partial charge in [0.2, 0.25) is 11.8 Å². The molecular weight excluding hydrogens is 600 g/mol. The zero-order chi connectivity index (χ0) is 29.8. The van der Waals surface area contributed by atoms with Crippen LogP contribution in [0.25, 0.3) is 0 Å². The minimum Gasteiger partial charge on any atom is -0.350 e. The van der Waals surface area contributed by atoms with Crippen molar-refractivity contribution >= 4 is 62.3 Å². The third-order valence-corrected chi connectivity index (χ3v) is 8.62.